The normalized spacial score (nSPS) is 25.8. The Morgan fingerprint density at radius 2 is 1.50 bits per heavy atom. The van der Waals surface area contributed by atoms with E-state index in [4.69, 9.17) is 0 Å². The van der Waals surface area contributed by atoms with E-state index in [9.17, 15) is 9.59 Å². The molecule has 5 nitrogen and oxygen atoms in total. The van der Waals surface area contributed by atoms with Crippen LogP contribution < -0.4 is 15.5 Å². The fourth-order valence-electron chi connectivity index (χ4n) is 4.30. The molecule has 0 aromatic heterocycles. The molecule has 5 heteroatoms. The first-order valence-corrected chi connectivity index (χ1v) is 10.2. The number of rotatable bonds is 5. The highest BCUT2D eigenvalue weighted by Crippen LogP contribution is 2.40. The van der Waals surface area contributed by atoms with Gasteiger partial charge in [0, 0.05) is 30.5 Å². The van der Waals surface area contributed by atoms with E-state index < -0.39 is 0 Å². The first-order chi connectivity index (χ1) is 12.7. The molecule has 1 aromatic rings. The minimum Gasteiger partial charge on any atom is -0.372 e. The minimum absolute atomic E-state index is 0.0257. The molecule has 1 aromatic carbocycles. The molecule has 0 bridgehead atoms. The molecule has 1 heterocycles. The molecule has 140 valence electrons. The van der Waals surface area contributed by atoms with Crippen LogP contribution in [0.1, 0.15) is 51.4 Å². The quantitative estimate of drug-likeness (QED) is 0.852. The second kappa shape index (κ2) is 7.68. The fraction of sp³-hybridized carbons (Fsp3) is 0.619. The second-order valence-corrected chi connectivity index (χ2v) is 8.02. The first kappa shape index (κ1) is 17.4. The van der Waals surface area contributed by atoms with Crippen molar-refractivity contribution in [2.75, 3.05) is 23.3 Å². The Kier molecular flexibility index (Phi) is 5.14. The summed E-state index contributed by atoms with van der Waals surface area (Å²) in [4.78, 5) is 27.1. The van der Waals surface area contributed by atoms with Crippen molar-refractivity contribution >= 4 is 23.2 Å². The minimum atomic E-state index is -0.168. The Morgan fingerprint density at radius 3 is 2.19 bits per heavy atom. The van der Waals surface area contributed by atoms with Crippen molar-refractivity contribution < 1.29 is 9.59 Å². The molecule has 2 unspecified atom stereocenters. The van der Waals surface area contributed by atoms with Crippen molar-refractivity contribution in [2.24, 2.45) is 11.8 Å². The van der Waals surface area contributed by atoms with Crippen LogP contribution >= 0.6 is 0 Å². The number of nitrogens with zero attached hydrogens (tertiary/aromatic N) is 1. The molecule has 2 saturated carbocycles. The SMILES string of the molecule is O=C(Nc1ccc(N2CCCCC2)cc1)C1CC1C(=O)NC1CCCC1. The molecule has 2 N–H and O–H groups in total. The summed E-state index contributed by atoms with van der Waals surface area (Å²) >= 11 is 0. The Morgan fingerprint density at radius 1 is 0.846 bits per heavy atom. The maximum Gasteiger partial charge on any atom is 0.228 e. The van der Waals surface area contributed by atoms with Gasteiger partial charge in [-0.2, -0.15) is 0 Å². The lowest BCUT2D eigenvalue weighted by Crippen LogP contribution is -2.34. The van der Waals surface area contributed by atoms with Crippen molar-refractivity contribution in [3.05, 3.63) is 24.3 Å². The predicted molar refractivity (Wildman–Crippen MR) is 103 cm³/mol. The van der Waals surface area contributed by atoms with Gasteiger partial charge in [-0.3, -0.25) is 9.59 Å². The van der Waals surface area contributed by atoms with E-state index in [0.29, 0.717) is 12.5 Å². The number of carbonyl (C=O) groups is 2. The molecule has 2 atom stereocenters. The highest BCUT2D eigenvalue weighted by molar-refractivity contribution is 5.99. The Hall–Kier alpha value is -2.04. The summed E-state index contributed by atoms with van der Waals surface area (Å²) in [5, 5.41) is 6.08. The van der Waals surface area contributed by atoms with E-state index in [2.05, 4.69) is 27.7 Å². The molecule has 3 fully saturated rings. The van der Waals surface area contributed by atoms with E-state index in [-0.39, 0.29) is 23.7 Å². The van der Waals surface area contributed by atoms with E-state index in [0.717, 1.165) is 31.6 Å². The van der Waals surface area contributed by atoms with Gasteiger partial charge >= 0.3 is 0 Å². The fourth-order valence-corrected chi connectivity index (χ4v) is 4.30. The zero-order valence-corrected chi connectivity index (χ0v) is 15.4. The van der Waals surface area contributed by atoms with Gasteiger partial charge in [0.05, 0.1) is 11.8 Å². The average Bonchev–Trinajstić information content (AvgIpc) is 3.33. The number of benzene rings is 1. The predicted octanol–water partition coefficient (Wildman–Crippen LogP) is 3.31. The number of carbonyl (C=O) groups excluding carboxylic acids is 2. The summed E-state index contributed by atoms with van der Waals surface area (Å²) in [7, 11) is 0. The first-order valence-electron chi connectivity index (χ1n) is 10.2. The van der Waals surface area contributed by atoms with Crippen LogP contribution in [0.5, 0.6) is 0 Å². The molecule has 0 radical (unpaired) electrons. The molecule has 0 spiro atoms. The zero-order valence-electron chi connectivity index (χ0n) is 15.4. The zero-order chi connectivity index (χ0) is 17.9. The molecule has 1 saturated heterocycles. The summed E-state index contributed by atoms with van der Waals surface area (Å²) in [5.41, 5.74) is 2.04. The molecule has 2 amide bonds. The number of nitrogens with one attached hydrogen (secondary N) is 2. The summed E-state index contributed by atoms with van der Waals surface area (Å²) < 4.78 is 0. The van der Waals surface area contributed by atoms with Crippen molar-refractivity contribution in [2.45, 2.75) is 57.4 Å². The topological polar surface area (TPSA) is 61.4 Å². The van der Waals surface area contributed by atoms with Gasteiger partial charge in [0.15, 0.2) is 0 Å². The summed E-state index contributed by atoms with van der Waals surface area (Å²) in [6.45, 7) is 2.23. The molecule has 1 aliphatic heterocycles. The molecular weight excluding hydrogens is 326 g/mol. The van der Waals surface area contributed by atoms with Gasteiger partial charge in [0.2, 0.25) is 11.8 Å². The smallest absolute Gasteiger partial charge is 0.228 e. The molecular formula is C21H29N3O2. The van der Waals surface area contributed by atoms with Crippen LogP contribution in [0, 0.1) is 11.8 Å². The summed E-state index contributed by atoms with van der Waals surface area (Å²) in [6.07, 6.45) is 9.07. The monoisotopic (exact) mass is 355 g/mol. The third kappa shape index (κ3) is 4.02. The lowest BCUT2D eigenvalue weighted by molar-refractivity contribution is -0.125. The van der Waals surface area contributed by atoms with E-state index >= 15 is 0 Å². The third-order valence-corrected chi connectivity index (χ3v) is 6.02. The number of hydrogen-bond acceptors (Lipinski definition) is 3. The van der Waals surface area contributed by atoms with Crippen LogP contribution in [0.25, 0.3) is 0 Å². The average molecular weight is 355 g/mol. The van der Waals surface area contributed by atoms with Crippen LogP contribution in [0.3, 0.4) is 0 Å². The number of piperidine rings is 1. The van der Waals surface area contributed by atoms with Gasteiger partial charge in [-0.25, -0.2) is 0 Å². The van der Waals surface area contributed by atoms with Gasteiger partial charge in [-0.1, -0.05) is 12.8 Å². The van der Waals surface area contributed by atoms with E-state index in [1.54, 1.807) is 0 Å². The molecule has 26 heavy (non-hydrogen) atoms. The standard InChI is InChI=1S/C21H29N3O2/c25-20(22-15-6-2-3-7-15)18-14-19(18)21(26)23-16-8-10-17(11-9-16)24-12-4-1-5-13-24/h8-11,15,18-19H,1-7,12-14H2,(H,22,25)(H,23,26). The highest BCUT2D eigenvalue weighted by atomic mass is 16.2. The number of anilines is 2. The van der Waals surface area contributed by atoms with Gasteiger partial charge in [-0.05, 0) is 62.8 Å². The lowest BCUT2D eigenvalue weighted by atomic mass is 10.1. The largest absolute Gasteiger partial charge is 0.372 e. The van der Waals surface area contributed by atoms with Crippen molar-refractivity contribution in [3.8, 4) is 0 Å². The Balaban J connectivity index is 1.26. The molecule has 4 rings (SSSR count). The van der Waals surface area contributed by atoms with Crippen LogP contribution in [0.2, 0.25) is 0 Å². The van der Waals surface area contributed by atoms with E-state index in [1.165, 1.54) is 37.8 Å². The highest BCUT2D eigenvalue weighted by Gasteiger charge is 2.48. The van der Waals surface area contributed by atoms with Gasteiger partial charge < -0.3 is 15.5 Å². The second-order valence-electron chi connectivity index (χ2n) is 8.02. The number of hydrogen-bond donors (Lipinski definition) is 2. The third-order valence-electron chi connectivity index (χ3n) is 6.02. The van der Waals surface area contributed by atoms with Crippen LogP contribution in [0.4, 0.5) is 11.4 Å². The van der Waals surface area contributed by atoms with Crippen molar-refractivity contribution in [1.29, 1.82) is 0 Å². The van der Waals surface area contributed by atoms with Crippen LogP contribution in [0.15, 0.2) is 24.3 Å². The molecule has 3 aliphatic rings. The van der Waals surface area contributed by atoms with Crippen molar-refractivity contribution in [1.82, 2.24) is 5.32 Å². The summed E-state index contributed by atoms with van der Waals surface area (Å²) in [6, 6.07) is 8.43. The number of amides is 2. The van der Waals surface area contributed by atoms with Crippen LogP contribution in [-0.2, 0) is 9.59 Å². The summed E-state index contributed by atoms with van der Waals surface area (Å²) in [5.74, 6) is -0.263. The lowest BCUT2D eigenvalue weighted by Gasteiger charge is -2.28. The Bertz CT molecular complexity index is 646. The van der Waals surface area contributed by atoms with Gasteiger partial charge in [0.25, 0.3) is 0 Å². The van der Waals surface area contributed by atoms with Gasteiger partial charge in [0.1, 0.15) is 0 Å². The maximum atomic E-state index is 12.4. The Labute approximate surface area is 155 Å². The van der Waals surface area contributed by atoms with Crippen molar-refractivity contribution in [3.63, 3.8) is 0 Å². The maximum absolute atomic E-state index is 12.4. The van der Waals surface area contributed by atoms with Gasteiger partial charge in [-0.15, -0.1) is 0 Å². The van der Waals surface area contributed by atoms with E-state index in [1.807, 2.05) is 12.1 Å². The molecule has 2 aliphatic carbocycles. The van der Waals surface area contributed by atoms with Crippen LogP contribution in [-0.4, -0.2) is 30.9 Å².